The van der Waals surface area contributed by atoms with Crippen molar-refractivity contribution in [2.45, 2.75) is 44.7 Å². The van der Waals surface area contributed by atoms with Gasteiger partial charge in [-0.2, -0.15) is 27.1 Å². The molecule has 4 heterocycles. The number of halogens is 6. The number of alkyl halides is 5. The van der Waals surface area contributed by atoms with Gasteiger partial charge in [0.2, 0.25) is 5.91 Å². The summed E-state index contributed by atoms with van der Waals surface area (Å²) in [6.45, 7) is 3.16. The lowest BCUT2D eigenvalue weighted by atomic mass is 10.1. The molecule has 3 N–H and O–H groups in total. The van der Waals surface area contributed by atoms with Crippen molar-refractivity contribution >= 4 is 23.2 Å². The maximum Gasteiger partial charge on any atom is 0.453 e. The number of carbonyl (C=O) groups is 1. The second-order valence-electron chi connectivity index (χ2n) is 8.40. The van der Waals surface area contributed by atoms with Crippen molar-refractivity contribution in [3.8, 4) is 11.5 Å². The van der Waals surface area contributed by atoms with Crippen LogP contribution in [-0.2, 0) is 11.2 Å². The van der Waals surface area contributed by atoms with Gasteiger partial charge < -0.3 is 11.1 Å². The first kappa shape index (κ1) is 26.8. The van der Waals surface area contributed by atoms with Gasteiger partial charge in [0.25, 0.3) is 0 Å². The van der Waals surface area contributed by atoms with E-state index in [1.165, 1.54) is 29.8 Å². The molecule has 38 heavy (non-hydrogen) atoms. The van der Waals surface area contributed by atoms with E-state index in [9.17, 15) is 31.1 Å². The fraction of sp³-hybridized carbons (Fsp3) is 0.304. The number of aryl methyl sites for hydroxylation is 2. The lowest BCUT2D eigenvalue weighted by Crippen LogP contribution is -2.36. The maximum atomic E-state index is 13.4. The molecule has 3 aromatic heterocycles. The SMILES string of the molecule is Cc1nc2c(CCC(F)(F)C(F)(F)F)nc(-c3nc(N)c4c(n3)NC(=O)[C@@H]4C)cn2n1.Fc1ccccc1. The van der Waals surface area contributed by atoms with E-state index < -0.39 is 30.9 Å². The molecule has 1 aromatic carbocycles. The Balaban J connectivity index is 0.000000417. The van der Waals surface area contributed by atoms with Crippen LogP contribution in [0.4, 0.5) is 38.0 Å². The highest BCUT2D eigenvalue weighted by Gasteiger charge is 2.56. The largest absolute Gasteiger partial charge is 0.453 e. The molecule has 0 spiro atoms. The maximum absolute atomic E-state index is 13.4. The predicted molar refractivity (Wildman–Crippen MR) is 124 cm³/mol. The fourth-order valence-corrected chi connectivity index (χ4v) is 3.64. The van der Waals surface area contributed by atoms with Crippen LogP contribution >= 0.6 is 0 Å². The van der Waals surface area contributed by atoms with Crippen molar-refractivity contribution in [1.29, 1.82) is 0 Å². The van der Waals surface area contributed by atoms with Crippen LogP contribution in [0.15, 0.2) is 36.5 Å². The quantitative estimate of drug-likeness (QED) is 0.367. The summed E-state index contributed by atoms with van der Waals surface area (Å²) in [5.74, 6) is -5.54. The summed E-state index contributed by atoms with van der Waals surface area (Å²) in [6.07, 6.45) is -6.58. The molecule has 0 saturated heterocycles. The number of nitrogens with zero attached hydrogens (tertiary/aromatic N) is 6. The molecule has 1 atom stereocenters. The van der Waals surface area contributed by atoms with Crippen molar-refractivity contribution in [3.05, 3.63) is 59.4 Å². The van der Waals surface area contributed by atoms with Crippen LogP contribution in [0, 0.1) is 12.7 Å². The van der Waals surface area contributed by atoms with Crippen LogP contribution in [0.5, 0.6) is 0 Å². The van der Waals surface area contributed by atoms with Crippen LogP contribution in [0.25, 0.3) is 17.2 Å². The third-order valence-electron chi connectivity index (χ3n) is 5.59. The van der Waals surface area contributed by atoms with E-state index in [4.69, 9.17) is 5.73 Å². The molecule has 0 bridgehead atoms. The first-order chi connectivity index (χ1) is 17.8. The second-order valence-corrected chi connectivity index (χ2v) is 8.40. The minimum atomic E-state index is -5.68. The number of carbonyl (C=O) groups excluding carboxylic acids is 1. The molecule has 4 aromatic rings. The van der Waals surface area contributed by atoms with E-state index in [2.05, 4.69) is 30.4 Å². The molecular formula is C23H20F6N8O. The van der Waals surface area contributed by atoms with Crippen LogP contribution < -0.4 is 11.1 Å². The van der Waals surface area contributed by atoms with Gasteiger partial charge in [0, 0.05) is 12.0 Å². The number of hydrogen-bond donors (Lipinski definition) is 2. The molecule has 0 unspecified atom stereocenters. The van der Waals surface area contributed by atoms with Crippen molar-refractivity contribution in [2.24, 2.45) is 0 Å². The van der Waals surface area contributed by atoms with E-state index in [1.807, 2.05) is 0 Å². The van der Waals surface area contributed by atoms with E-state index >= 15 is 0 Å². The Hall–Kier alpha value is -4.30. The lowest BCUT2D eigenvalue weighted by Gasteiger charge is -2.19. The zero-order chi connectivity index (χ0) is 27.8. The number of nitrogens with one attached hydrogen (secondary N) is 1. The smallest absolute Gasteiger partial charge is 0.383 e. The number of hydrogen-bond acceptors (Lipinski definition) is 7. The average molecular weight is 538 g/mol. The monoisotopic (exact) mass is 538 g/mol. The summed E-state index contributed by atoms with van der Waals surface area (Å²) >= 11 is 0. The molecular weight excluding hydrogens is 518 g/mol. The van der Waals surface area contributed by atoms with Crippen molar-refractivity contribution in [3.63, 3.8) is 0 Å². The Morgan fingerprint density at radius 3 is 2.34 bits per heavy atom. The summed E-state index contributed by atoms with van der Waals surface area (Å²) in [4.78, 5) is 28.4. The standard InChI is InChI=1S/C17H15F5N8O.C6H5F/c1-6-10-11(23)26-12(27-13(10)28-15(6)31)9-5-30-14(24-7(2)29-30)8(25-9)3-4-16(18,19)17(20,21)22;7-6-4-2-1-3-5-6/h5-6H,3-4H2,1-2H3,(H3,23,26,27,28,31);1-5H/t6-;/m1./s1. The van der Waals surface area contributed by atoms with E-state index in [1.54, 1.807) is 25.1 Å². The summed E-state index contributed by atoms with van der Waals surface area (Å²) < 4.78 is 77.7. The number of fused-ring (bicyclic) bond motifs is 2. The number of rotatable bonds is 4. The number of amides is 1. The molecule has 1 aliphatic heterocycles. The number of aromatic nitrogens is 6. The number of nitrogen functional groups attached to an aromatic ring is 1. The van der Waals surface area contributed by atoms with Gasteiger partial charge in [-0.3, -0.25) is 4.79 Å². The molecule has 0 fully saturated rings. The normalized spacial score (nSPS) is 15.2. The predicted octanol–water partition coefficient (Wildman–Crippen LogP) is 4.48. The van der Waals surface area contributed by atoms with Gasteiger partial charge >= 0.3 is 12.1 Å². The van der Waals surface area contributed by atoms with Crippen LogP contribution in [0.2, 0.25) is 0 Å². The highest BCUT2D eigenvalue weighted by molar-refractivity contribution is 6.03. The highest BCUT2D eigenvalue weighted by atomic mass is 19.4. The molecule has 0 aliphatic carbocycles. The number of benzene rings is 1. The summed E-state index contributed by atoms with van der Waals surface area (Å²) in [7, 11) is 0. The van der Waals surface area contributed by atoms with Crippen molar-refractivity contribution < 1.29 is 31.1 Å². The van der Waals surface area contributed by atoms with Crippen LogP contribution in [-0.4, -0.2) is 47.6 Å². The third-order valence-corrected chi connectivity index (χ3v) is 5.59. The Labute approximate surface area is 211 Å². The molecule has 1 aliphatic rings. The van der Waals surface area contributed by atoms with Crippen molar-refractivity contribution in [2.75, 3.05) is 11.1 Å². The molecule has 9 nitrogen and oxygen atoms in total. The van der Waals surface area contributed by atoms with E-state index in [0.717, 1.165) is 0 Å². The number of nitrogens with two attached hydrogens (primary N) is 1. The number of anilines is 2. The molecule has 15 heteroatoms. The highest BCUT2D eigenvalue weighted by Crippen LogP contribution is 2.39. The minimum absolute atomic E-state index is 0.0195. The van der Waals surface area contributed by atoms with Gasteiger partial charge in [-0.15, -0.1) is 0 Å². The lowest BCUT2D eigenvalue weighted by molar-refractivity contribution is -0.284. The first-order valence-electron chi connectivity index (χ1n) is 11.1. The molecule has 1 amide bonds. The molecule has 0 radical (unpaired) electrons. The van der Waals surface area contributed by atoms with Crippen LogP contribution in [0.1, 0.15) is 36.3 Å². The van der Waals surface area contributed by atoms with E-state index in [0.29, 0.717) is 5.56 Å². The Morgan fingerprint density at radius 2 is 1.74 bits per heavy atom. The van der Waals surface area contributed by atoms with Gasteiger partial charge in [0.1, 0.15) is 29.0 Å². The Bertz CT molecular complexity index is 1490. The second kappa shape index (κ2) is 9.87. The van der Waals surface area contributed by atoms with Crippen LogP contribution in [0.3, 0.4) is 0 Å². The molecule has 0 saturated carbocycles. The average Bonchev–Trinajstić information content (AvgIpc) is 3.35. The first-order valence-corrected chi connectivity index (χ1v) is 11.1. The van der Waals surface area contributed by atoms with Gasteiger partial charge in [0.15, 0.2) is 11.5 Å². The molecule has 200 valence electrons. The van der Waals surface area contributed by atoms with Gasteiger partial charge in [0.05, 0.1) is 17.8 Å². The van der Waals surface area contributed by atoms with Gasteiger partial charge in [-0.05, 0) is 32.4 Å². The summed E-state index contributed by atoms with van der Waals surface area (Å²) in [5, 5.41) is 6.63. The minimum Gasteiger partial charge on any atom is -0.383 e. The fourth-order valence-electron chi connectivity index (χ4n) is 3.64. The molecule has 5 rings (SSSR count). The van der Waals surface area contributed by atoms with Gasteiger partial charge in [-0.25, -0.2) is 28.8 Å². The summed E-state index contributed by atoms with van der Waals surface area (Å²) in [5.41, 5.74) is 6.28. The van der Waals surface area contributed by atoms with Crippen molar-refractivity contribution in [1.82, 2.24) is 29.5 Å². The summed E-state index contributed by atoms with van der Waals surface area (Å²) in [6, 6.07) is 7.94. The zero-order valence-electron chi connectivity index (χ0n) is 19.9. The third kappa shape index (κ3) is 5.35. The van der Waals surface area contributed by atoms with E-state index in [-0.39, 0.29) is 52.0 Å². The Kier molecular flexibility index (Phi) is 6.95. The van der Waals surface area contributed by atoms with Gasteiger partial charge in [-0.1, -0.05) is 18.2 Å². The topological polar surface area (TPSA) is 124 Å². The Morgan fingerprint density at radius 1 is 1.05 bits per heavy atom. The zero-order valence-corrected chi connectivity index (χ0v) is 19.9.